The molecule has 1 amide bonds. The van der Waals surface area contributed by atoms with Gasteiger partial charge in [-0.25, -0.2) is 9.78 Å². The molecular formula is C27H30N8O3. The number of aromatic nitrogens is 5. The van der Waals surface area contributed by atoms with E-state index in [1.165, 1.54) is 11.6 Å². The van der Waals surface area contributed by atoms with E-state index in [0.717, 1.165) is 22.9 Å². The van der Waals surface area contributed by atoms with Crippen molar-refractivity contribution >= 4 is 33.8 Å². The number of nitrogens with zero attached hydrogens (tertiary/aromatic N) is 6. The highest BCUT2D eigenvalue weighted by Gasteiger charge is 2.32. The zero-order valence-corrected chi connectivity index (χ0v) is 21.7. The molecule has 4 aromatic rings. The third kappa shape index (κ3) is 4.22. The lowest BCUT2D eigenvalue weighted by atomic mass is 10.1. The Kier molecular flexibility index (Phi) is 6.73. The number of carbonyl (C=O) groups is 1. The van der Waals surface area contributed by atoms with Crippen LogP contribution in [0.3, 0.4) is 0 Å². The van der Waals surface area contributed by atoms with Gasteiger partial charge in [-0.1, -0.05) is 5.92 Å². The van der Waals surface area contributed by atoms with Gasteiger partial charge in [0.1, 0.15) is 16.9 Å². The van der Waals surface area contributed by atoms with E-state index in [2.05, 4.69) is 27.1 Å². The van der Waals surface area contributed by atoms with Gasteiger partial charge in [0.05, 0.1) is 35.3 Å². The first-order chi connectivity index (χ1) is 18.3. The lowest BCUT2D eigenvalue weighted by Crippen LogP contribution is -2.44. The number of anilines is 1. The predicted octanol–water partition coefficient (Wildman–Crippen LogP) is 0.804. The Morgan fingerprint density at radius 1 is 1.18 bits per heavy atom. The molecule has 5 heterocycles. The average molecular weight is 515 g/mol. The van der Waals surface area contributed by atoms with Gasteiger partial charge in [-0.2, -0.15) is 0 Å². The summed E-state index contributed by atoms with van der Waals surface area (Å²) in [4.78, 5) is 51.8. The second-order valence-corrected chi connectivity index (χ2v) is 9.41. The molecule has 1 aliphatic rings. The molecule has 38 heavy (non-hydrogen) atoms. The minimum absolute atomic E-state index is 0.0316. The van der Waals surface area contributed by atoms with Crippen molar-refractivity contribution in [2.75, 3.05) is 25.0 Å². The second kappa shape index (κ2) is 10.1. The van der Waals surface area contributed by atoms with Gasteiger partial charge in [-0.15, -0.1) is 5.92 Å². The summed E-state index contributed by atoms with van der Waals surface area (Å²) in [6.07, 6.45) is 3.41. The molecule has 196 valence electrons. The molecule has 0 bridgehead atoms. The Balaban J connectivity index is 1.79. The second-order valence-electron chi connectivity index (χ2n) is 9.41. The molecule has 0 aliphatic carbocycles. The number of hydrogen-bond acceptors (Lipinski definition) is 7. The van der Waals surface area contributed by atoms with Crippen LogP contribution in [0.2, 0.25) is 0 Å². The van der Waals surface area contributed by atoms with Crippen molar-refractivity contribution < 1.29 is 4.79 Å². The third-order valence-electron chi connectivity index (χ3n) is 6.97. The lowest BCUT2D eigenvalue weighted by Gasteiger charge is -2.33. The minimum Gasteiger partial charge on any atom is -0.356 e. The molecule has 11 nitrogen and oxygen atoms in total. The number of nitrogens with two attached hydrogens (primary N) is 1. The summed E-state index contributed by atoms with van der Waals surface area (Å²) in [5, 5.41) is 2.68. The highest BCUT2D eigenvalue weighted by Crippen LogP contribution is 2.32. The molecule has 5 rings (SSSR count). The van der Waals surface area contributed by atoms with Crippen LogP contribution in [0.4, 0.5) is 5.82 Å². The van der Waals surface area contributed by atoms with E-state index in [-0.39, 0.29) is 41.6 Å². The van der Waals surface area contributed by atoms with E-state index in [0.29, 0.717) is 30.1 Å². The van der Waals surface area contributed by atoms with Gasteiger partial charge in [0.25, 0.3) is 11.5 Å². The fraction of sp³-hybridized carbons (Fsp3) is 0.370. The number of amides is 1. The van der Waals surface area contributed by atoms with Gasteiger partial charge in [0.15, 0.2) is 0 Å². The molecule has 0 aromatic carbocycles. The highest BCUT2D eigenvalue weighted by atomic mass is 16.2. The molecule has 0 spiro atoms. The molecule has 3 N–H and O–H groups in total. The van der Waals surface area contributed by atoms with E-state index < -0.39 is 11.2 Å². The van der Waals surface area contributed by atoms with E-state index in [9.17, 15) is 14.4 Å². The standard InChI is InChI=1S/C27H30N8O3/c1-4-5-14-34-23-22(21(24(36)29-2)25(34)33-13-7-8-17(28)15-33)32(3)27(38)35(26(23)37)16-18-10-11-19-20(31-18)9-6-12-30-19/h6,9-12,17H,7-8,13-16,28H2,1-3H3,(H,29,36)/t17-/m1/s1. The van der Waals surface area contributed by atoms with Crippen LogP contribution >= 0.6 is 0 Å². The first-order valence-corrected chi connectivity index (χ1v) is 12.5. The summed E-state index contributed by atoms with van der Waals surface area (Å²) in [6, 6.07) is 7.11. The Morgan fingerprint density at radius 2 is 2.00 bits per heavy atom. The molecule has 1 aliphatic heterocycles. The van der Waals surface area contributed by atoms with Gasteiger partial charge in [0, 0.05) is 39.4 Å². The highest BCUT2D eigenvalue weighted by molar-refractivity contribution is 6.11. The summed E-state index contributed by atoms with van der Waals surface area (Å²) >= 11 is 0. The molecule has 4 aromatic heterocycles. The van der Waals surface area contributed by atoms with E-state index in [1.807, 2.05) is 17.0 Å². The summed E-state index contributed by atoms with van der Waals surface area (Å²) < 4.78 is 4.28. The zero-order chi connectivity index (χ0) is 27.0. The molecule has 1 fully saturated rings. The number of rotatable bonds is 5. The van der Waals surface area contributed by atoms with Crippen molar-refractivity contribution in [3.8, 4) is 11.8 Å². The Hall–Kier alpha value is -4.43. The van der Waals surface area contributed by atoms with Crippen LogP contribution in [-0.2, 0) is 20.1 Å². The monoisotopic (exact) mass is 514 g/mol. The van der Waals surface area contributed by atoms with E-state index >= 15 is 0 Å². The van der Waals surface area contributed by atoms with Crippen molar-refractivity contribution in [2.45, 2.75) is 38.9 Å². The lowest BCUT2D eigenvalue weighted by molar-refractivity contribution is 0.0964. The number of piperidine rings is 1. The van der Waals surface area contributed by atoms with Crippen molar-refractivity contribution in [3.63, 3.8) is 0 Å². The Labute approximate surface area is 218 Å². The molecule has 0 unspecified atom stereocenters. The number of hydrogen-bond donors (Lipinski definition) is 2. The summed E-state index contributed by atoms with van der Waals surface area (Å²) in [5.74, 6) is 6.08. The van der Waals surface area contributed by atoms with Crippen molar-refractivity contribution in [1.29, 1.82) is 0 Å². The third-order valence-corrected chi connectivity index (χ3v) is 6.97. The van der Waals surface area contributed by atoms with Gasteiger partial charge < -0.3 is 20.5 Å². The largest absolute Gasteiger partial charge is 0.356 e. The quantitative estimate of drug-likeness (QED) is 0.377. The summed E-state index contributed by atoms with van der Waals surface area (Å²) in [5.41, 5.74) is 7.96. The number of pyridine rings is 2. The molecule has 0 radical (unpaired) electrons. The SMILES string of the molecule is CC#CCn1c(N2CCC[C@@H](N)C2)c(C(=O)NC)c2c1c(=O)n(Cc1ccc3ncccc3n1)c(=O)n2C. The summed E-state index contributed by atoms with van der Waals surface area (Å²) in [7, 11) is 3.11. The molecule has 1 saturated heterocycles. The van der Waals surface area contributed by atoms with Crippen LogP contribution in [0.15, 0.2) is 40.1 Å². The first kappa shape index (κ1) is 25.2. The Bertz CT molecular complexity index is 1740. The van der Waals surface area contributed by atoms with E-state index in [4.69, 9.17) is 5.73 Å². The molecular weight excluding hydrogens is 484 g/mol. The van der Waals surface area contributed by atoms with Crippen molar-refractivity contribution in [3.05, 3.63) is 62.6 Å². The first-order valence-electron chi connectivity index (χ1n) is 12.5. The van der Waals surface area contributed by atoms with Gasteiger partial charge in [0.2, 0.25) is 0 Å². The maximum absolute atomic E-state index is 14.0. The smallest absolute Gasteiger partial charge is 0.331 e. The number of nitrogens with one attached hydrogen (secondary N) is 1. The normalized spacial score (nSPS) is 15.5. The van der Waals surface area contributed by atoms with Crippen LogP contribution in [0, 0.1) is 11.8 Å². The molecule has 1 atom stereocenters. The van der Waals surface area contributed by atoms with E-state index in [1.54, 1.807) is 36.9 Å². The Morgan fingerprint density at radius 3 is 2.74 bits per heavy atom. The van der Waals surface area contributed by atoms with Crippen molar-refractivity contribution in [1.82, 2.24) is 29.0 Å². The number of fused-ring (bicyclic) bond motifs is 2. The summed E-state index contributed by atoms with van der Waals surface area (Å²) in [6.45, 7) is 3.06. The predicted molar refractivity (Wildman–Crippen MR) is 146 cm³/mol. The van der Waals surface area contributed by atoms with Gasteiger partial charge in [-0.3, -0.25) is 23.7 Å². The fourth-order valence-electron chi connectivity index (χ4n) is 5.19. The van der Waals surface area contributed by atoms with Crippen LogP contribution < -0.4 is 27.2 Å². The molecule has 11 heteroatoms. The average Bonchev–Trinajstić information content (AvgIpc) is 3.27. The van der Waals surface area contributed by atoms with Crippen molar-refractivity contribution in [2.24, 2.45) is 12.8 Å². The van der Waals surface area contributed by atoms with Crippen LogP contribution in [0.1, 0.15) is 35.8 Å². The maximum Gasteiger partial charge on any atom is 0.331 e. The zero-order valence-electron chi connectivity index (χ0n) is 21.7. The number of carbonyl (C=O) groups excluding carboxylic acids is 1. The van der Waals surface area contributed by atoms with Crippen LogP contribution in [-0.4, -0.2) is 55.8 Å². The maximum atomic E-state index is 14.0. The topological polar surface area (TPSA) is 133 Å². The van der Waals surface area contributed by atoms with Crippen LogP contribution in [0.5, 0.6) is 0 Å². The van der Waals surface area contributed by atoms with Gasteiger partial charge >= 0.3 is 5.69 Å². The fourth-order valence-corrected chi connectivity index (χ4v) is 5.19. The van der Waals surface area contributed by atoms with Gasteiger partial charge in [-0.05, 0) is 44.0 Å². The van der Waals surface area contributed by atoms with Crippen LogP contribution in [0.25, 0.3) is 22.1 Å². The number of aryl methyl sites for hydroxylation is 1. The minimum atomic E-state index is -0.540. The molecule has 0 saturated carbocycles.